The largest absolute Gasteiger partial charge is 0.348 e. The summed E-state index contributed by atoms with van der Waals surface area (Å²) in [6, 6.07) is 10.9. The van der Waals surface area contributed by atoms with Crippen LogP contribution < -0.4 is 10.6 Å². The van der Waals surface area contributed by atoms with Crippen LogP contribution in [0.15, 0.2) is 42.5 Å². The second-order valence-electron chi connectivity index (χ2n) is 6.07. The molecule has 1 saturated carbocycles. The molecular formula is C18H16ClN3O4. The minimum atomic E-state index is -0.584. The van der Waals surface area contributed by atoms with E-state index in [2.05, 4.69) is 10.6 Å². The molecule has 3 rings (SSSR count). The van der Waals surface area contributed by atoms with Crippen LogP contribution in [0.25, 0.3) is 0 Å². The highest BCUT2D eigenvalue weighted by Crippen LogP contribution is 2.30. The number of halogens is 1. The van der Waals surface area contributed by atoms with E-state index < -0.39 is 10.8 Å². The number of carbonyl (C=O) groups is 2. The van der Waals surface area contributed by atoms with Gasteiger partial charge in [-0.1, -0.05) is 23.7 Å². The van der Waals surface area contributed by atoms with Gasteiger partial charge in [-0.05, 0) is 36.6 Å². The first-order valence-electron chi connectivity index (χ1n) is 8.06. The summed E-state index contributed by atoms with van der Waals surface area (Å²) in [5.74, 6) is -0.393. The fourth-order valence-electron chi connectivity index (χ4n) is 2.43. The number of anilines is 1. The first-order valence-corrected chi connectivity index (χ1v) is 8.44. The molecule has 2 amide bonds. The van der Waals surface area contributed by atoms with Crippen molar-refractivity contribution in [1.29, 1.82) is 0 Å². The van der Waals surface area contributed by atoms with Gasteiger partial charge in [0.15, 0.2) is 0 Å². The maximum Gasteiger partial charge on any atom is 0.270 e. The van der Waals surface area contributed by atoms with E-state index in [1.165, 1.54) is 12.1 Å². The van der Waals surface area contributed by atoms with Crippen LogP contribution in [-0.4, -0.2) is 16.7 Å². The number of nitrogens with one attached hydrogen (secondary N) is 2. The molecule has 2 aromatic carbocycles. The smallest absolute Gasteiger partial charge is 0.270 e. The monoisotopic (exact) mass is 373 g/mol. The zero-order chi connectivity index (χ0) is 18.7. The molecule has 8 heteroatoms. The van der Waals surface area contributed by atoms with Crippen molar-refractivity contribution in [3.63, 3.8) is 0 Å². The molecule has 0 atom stereocenters. The van der Waals surface area contributed by atoms with E-state index in [-0.39, 0.29) is 34.6 Å². The molecule has 1 aliphatic rings. The van der Waals surface area contributed by atoms with Crippen molar-refractivity contribution in [1.82, 2.24) is 5.32 Å². The molecular weight excluding hydrogens is 358 g/mol. The number of nitro groups is 1. The maximum atomic E-state index is 12.3. The number of hydrogen-bond acceptors (Lipinski definition) is 4. The molecule has 0 saturated heterocycles. The summed E-state index contributed by atoms with van der Waals surface area (Å²) >= 11 is 5.96. The highest BCUT2D eigenvalue weighted by Gasteiger charge is 2.29. The molecule has 134 valence electrons. The van der Waals surface area contributed by atoms with Gasteiger partial charge in [-0.2, -0.15) is 0 Å². The second-order valence-corrected chi connectivity index (χ2v) is 6.48. The van der Waals surface area contributed by atoms with Crippen molar-refractivity contribution in [2.24, 2.45) is 5.92 Å². The van der Waals surface area contributed by atoms with E-state index >= 15 is 0 Å². The van der Waals surface area contributed by atoms with Gasteiger partial charge in [-0.3, -0.25) is 19.7 Å². The maximum absolute atomic E-state index is 12.3. The van der Waals surface area contributed by atoms with E-state index in [1.54, 1.807) is 18.2 Å². The highest BCUT2D eigenvalue weighted by atomic mass is 35.5. The summed E-state index contributed by atoms with van der Waals surface area (Å²) in [4.78, 5) is 34.4. The van der Waals surface area contributed by atoms with Crippen molar-refractivity contribution in [2.45, 2.75) is 19.4 Å². The van der Waals surface area contributed by atoms with Crippen molar-refractivity contribution < 1.29 is 14.5 Å². The van der Waals surface area contributed by atoms with Crippen LogP contribution in [-0.2, 0) is 11.3 Å². The normalized spacial score (nSPS) is 13.1. The molecule has 2 aromatic rings. The Hall–Kier alpha value is -2.93. The number of hydrogen-bond donors (Lipinski definition) is 2. The second kappa shape index (κ2) is 7.53. The molecule has 0 aromatic heterocycles. The summed E-state index contributed by atoms with van der Waals surface area (Å²) in [5, 5.41) is 16.5. The summed E-state index contributed by atoms with van der Waals surface area (Å²) in [6.07, 6.45) is 1.84. The molecule has 0 radical (unpaired) electrons. The van der Waals surface area contributed by atoms with E-state index in [0.29, 0.717) is 5.69 Å². The number of carbonyl (C=O) groups excluding carboxylic acids is 2. The quantitative estimate of drug-likeness (QED) is 0.597. The van der Waals surface area contributed by atoms with Crippen LogP contribution in [0, 0.1) is 16.0 Å². The van der Waals surface area contributed by atoms with Crippen LogP contribution in [0.2, 0.25) is 5.02 Å². The molecule has 1 aliphatic carbocycles. The van der Waals surface area contributed by atoms with Crippen LogP contribution in [0.4, 0.5) is 11.4 Å². The number of nitro benzene ring substituents is 1. The lowest BCUT2D eigenvalue weighted by atomic mass is 10.1. The Morgan fingerprint density at radius 1 is 1.19 bits per heavy atom. The summed E-state index contributed by atoms with van der Waals surface area (Å²) in [7, 11) is 0. The molecule has 1 fully saturated rings. The first kappa shape index (κ1) is 17.9. The number of amides is 2. The van der Waals surface area contributed by atoms with E-state index in [1.807, 2.05) is 6.07 Å². The number of nitrogens with zero attached hydrogens (tertiary/aromatic N) is 1. The Kier molecular flexibility index (Phi) is 5.18. The predicted molar refractivity (Wildman–Crippen MR) is 97.1 cm³/mol. The standard InChI is InChI=1S/C18H16ClN3O4/c19-16-7-6-14(22(25)26)9-15(16)18(24)20-10-11-2-1-3-13(8-11)21-17(23)12-4-5-12/h1-3,6-9,12H,4-5,10H2,(H,20,24)(H,21,23). The highest BCUT2D eigenvalue weighted by molar-refractivity contribution is 6.33. The third kappa shape index (κ3) is 4.37. The molecule has 0 spiro atoms. The molecule has 0 bridgehead atoms. The third-order valence-electron chi connectivity index (χ3n) is 4.00. The Morgan fingerprint density at radius 3 is 2.65 bits per heavy atom. The summed E-state index contributed by atoms with van der Waals surface area (Å²) < 4.78 is 0. The molecule has 26 heavy (non-hydrogen) atoms. The molecule has 2 N–H and O–H groups in total. The van der Waals surface area contributed by atoms with Crippen molar-refractivity contribution in [3.8, 4) is 0 Å². The number of rotatable bonds is 6. The zero-order valence-corrected chi connectivity index (χ0v) is 14.5. The third-order valence-corrected chi connectivity index (χ3v) is 4.33. The van der Waals surface area contributed by atoms with Crippen molar-refractivity contribution in [2.75, 3.05) is 5.32 Å². The average Bonchev–Trinajstić information content (AvgIpc) is 3.45. The predicted octanol–water partition coefficient (Wildman–Crippen LogP) is 3.53. The van der Waals surface area contributed by atoms with Crippen molar-refractivity contribution >= 4 is 34.8 Å². The lowest BCUT2D eigenvalue weighted by molar-refractivity contribution is -0.384. The Balaban J connectivity index is 1.65. The lowest BCUT2D eigenvalue weighted by Crippen LogP contribution is -2.23. The fraction of sp³-hybridized carbons (Fsp3) is 0.222. The van der Waals surface area contributed by atoms with Gasteiger partial charge in [0, 0.05) is 30.3 Å². The van der Waals surface area contributed by atoms with E-state index in [9.17, 15) is 19.7 Å². The van der Waals surface area contributed by atoms with Crippen molar-refractivity contribution in [3.05, 3.63) is 68.7 Å². The van der Waals surface area contributed by atoms with Gasteiger partial charge in [0.25, 0.3) is 11.6 Å². The summed E-state index contributed by atoms with van der Waals surface area (Å²) in [5.41, 5.74) is 1.29. The topological polar surface area (TPSA) is 101 Å². The Morgan fingerprint density at radius 2 is 1.96 bits per heavy atom. The molecule has 0 aliphatic heterocycles. The minimum absolute atomic E-state index is 0.00885. The Labute approximate surface area is 154 Å². The van der Waals surface area contributed by atoms with Gasteiger partial charge >= 0.3 is 0 Å². The minimum Gasteiger partial charge on any atom is -0.348 e. The van der Waals surface area contributed by atoms with Gasteiger partial charge in [-0.25, -0.2) is 0 Å². The van der Waals surface area contributed by atoms with Gasteiger partial charge in [-0.15, -0.1) is 0 Å². The SMILES string of the molecule is O=C(NCc1cccc(NC(=O)C2CC2)c1)c1cc([N+](=O)[O-])ccc1Cl. The van der Waals surface area contributed by atoms with Gasteiger partial charge in [0.05, 0.1) is 15.5 Å². The Bertz CT molecular complexity index is 880. The molecule has 0 unspecified atom stereocenters. The molecule has 0 heterocycles. The van der Waals surface area contributed by atoms with E-state index in [0.717, 1.165) is 24.5 Å². The van der Waals surface area contributed by atoms with Crippen LogP contribution in [0.3, 0.4) is 0 Å². The average molecular weight is 374 g/mol. The van der Waals surface area contributed by atoms with Gasteiger partial charge in [0.2, 0.25) is 5.91 Å². The molecule has 7 nitrogen and oxygen atoms in total. The lowest BCUT2D eigenvalue weighted by Gasteiger charge is -2.09. The van der Waals surface area contributed by atoms with Crippen LogP contribution >= 0.6 is 11.6 Å². The number of non-ortho nitro benzene ring substituents is 1. The first-order chi connectivity index (χ1) is 12.4. The zero-order valence-electron chi connectivity index (χ0n) is 13.7. The van der Waals surface area contributed by atoms with Crippen LogP contribution in [0.1, 0.15) is 28.8 Å². The van der Waals surface area contributed by atoms with Crippen LogP contribution in [0.5, 0.6) is 0 Å². The summed E-state index contributed by atoms with van der Waals surface area (Å²) in [6.45, 7) is 0.199. The van der Waals surface area contributed by atoms with Gasteiger partial charge in [0.1, 0.15) is 0 Å². The number of benzene rings is 2. The van der Waals surface area contributed by atoms with E-state index in [4.69, 9.17) is 11.6 Å². The fourth-order valence-corrected chi connectivity index (χ4v) is 2.63. The van der Waals surface area contributed by atoms with Gasteiger partial charge < -0.3 is 10.6 Å².